The van der Waals surface area contributed by atoms with Crippen LogP contribution in [0.4, 0.5) is 13.2 Å². The Labute approximate surface area is 149 Å². The summed E-state index contributed by atoms with van der Waals surface area (Å²) in [6, 6.07) is 3.16. The van der Waals surface area contributed by atoms with E-state index in [9.17, 15) is 13.2 Å². The predicted octanol–water partition coefficient (Wildman–Crippen LogP) is 6.87. The second kappa shape index (κ2) is 8.01. The Morgan fingerprint density at radius 1 is 1.08 bits per heavy atom. The highest BCUT2D eigenvalue weighted by atomic mass is 19.3. The van der Waals surface area contributed by atoms with Gasteiger partial charge in [-0.1, -0.05) is 32.3 Å². The molecule has 4 unspecified atom stereocenters. The van der Waals surface area contributed by atoms with Crippen LogP contribution in [-0.2, 0) is 0 Å². The lowest BCUT2D eigenvalue weighted by Gasteiger charge is -2.42. The van der Waals surface area contributed by atoms with Crippen LogP contribution < -0.4 is 4.74 Å². The molecule has 0 radical (unpaired) electrons. The minimum Gasteiger partial charge on any atom is -0.494 e. The van der Waals surface area contributed by atoms with Gasteiger partial charge in [0.05, 0.1) is 12.7 Å². The van der Waals surface area contributed by atoms with Gasteiger partial charge in [-0.25, -0.2) is 13.2 Å². The maximum atomic E-state index is 14.4. The third-order valence-electron chi connectivity index (χ3n) is 6.47. The van der Waals surface area contributed by atoms with Gasteiger partial charge in [0.1, 0.15) is 0 Å². The molecule has 0 spiro atoms. The van der Waals surface area contributed by atoms with Crippen molar-refractivity contribution in [2.24, 2.45) is 17.8 Å². The Kier molecular flexibility index (Phi) is 5.96. The van der Waals surface area contributed by atoms with Crippen molar-refractivity contribution >= 4 is 0 Å². The molecule has 2 saturated carbocycles. The maximum Gasteiger partial charge on any atom is 0.267 e. The predicted molar refractivity (Wildman–Crippen MR) is 93.7 cm³/mol. The van der Waals surface area contributed by atoms with E-state index < -0.39 is 17.8 Å². The Morgan fingerprint density at radius 3 is 2.48 bits per heavy atom. The van der Waals surface area contributed by atoms with Crippen LogP contribution >= 0.6 is 0 Å². The minimum atomic E-state index is -2.80. The van der Waals surface area contributed by atoms with E-state index in [-0.39, 0.29) is 11.7 Å². The van der Waals surface area contributed by atoms with E-state index in [4.69, 9.17) is 4.74 Å². The Hall–Kier alpha value is -1.19. The van der Waals surface area contributed by atoms with Crippen molar-refractivity contribution < 1.29 is 17.9 Å². The summed E-state index contributed by atoms with van der Waals surface area (Å²) in [5.74, 6) is 1.27. The summed E-state index contributed by atoms with van der Waals surface area (Å²) in [5, 5.41) is 0. The zero-order valence-corrected chi connectivity index (χ0v) is 15.2. The number of halogens is 3. The second-order valence-electron chi connectivity index (χ2n) is 7.88. The van der Waals surface area contributed by atoms with Crippen LogP contribution in [0.15, 0.2) is 12.1 Å². The van der Waals surface area contributed by atoms with Crippen LogP contribution in [-0.4, -0.2) is 7.11 Å². The van der Waals surface area contributed by atoms with Crippen molar-refractivity contribution in [3.8, 4) is 5.75 Å². The number of methoxy groups -OCH3 is 1. The monoisotopic (exact) mass is 354 g/mol. The van der Waals surface area contributed by atoms with E-state index in [0.29, 0.717) is 11.5 Å². The molecule has 1 nitrogen and oxygen atoms in total. The quantitative estimate of drug-likeness (QED) is 0.560. The van der Waals surface area contributed by atoms with E-state index in [2.05, 4.69) is 6.92 Å². The van der Waals surface area contributed by atoms with E-state index in [1.807, 2.05) is 0 Å². The molecule has 25 heavy (non-hydrogen) atoms. The van der Waals surface area contributed by atoms with Crippen molar-refractivity contribution in [2.75, 3.05) is 7.11 Å². The smallest absolute Gasteiger partial charge is 0.267 e. The number of hydrogen-bond donors (Lipinski definition) is 0. The summed E-state index contributed by atoms with van der Waals surface area (Å²) >= 11 is 0. The molecule has 1 aromatic carbocycles. The molecular formula is C21H29F3O. The molecule has 140 valence electrons. The molecular weight excluding hydrogens is 325 g/mol. The molecule has 2 aliphatic rings. The lowest BCUT2D eigenvalue weighted by molar-refractivity contribution is 0.110. The standard InChI is InChI=1S/C21H29F3O/c1-3-4-13-5-6-15-12-16(8-7-14(15)11-13)17-9-10-18(25-2)20(22)19(17)21(23)24/h9-10,13-16,21H,3-8,11-12H2,1-2H3. The fourth-order valence-electron chi connectivity index (χ4n) is 5.26. The average molecular weight is 354 g/mol. The highest BCUT2D eigenvalue weighted by Crippen LogP contribution is 2.50. The van der Waals surface area contributed by atoms with E-state index in [1.165, 1.54) is 45.3 Å². The van der Waals surface area contributed by atoms with Crippen molar-refractivity contribution in [3.05, 3.63) is 29.1 Å². The van der Waals surface area contributed by atoms with Crippen LogP contribution in [0.2, 0.25) is 0 Å². The molecule has 3 rings (SSSR count). The largest absolute Gasteiger partial charge is 0.494 e. The second-order valence-corrected chi connectivity index (χ2v) is 7.88. The molecule has 4 heteroatoms. The number of rotatable bonds is 5. The van der Waals surface area contributed by atoms with Crippen molar-refractivity contribution in [1.82, 2.24) is 0 Å². The summed E-state index contributed by atoms with van der Waals surface area (Å²) < 4.78 is 46.4. The van der Waals surface area contributed by atoms with Crippen LogP contribution in [0.1, 0.15) is 81.8 Å². The maximum absolute atomic E-state index is 14.4. The third kappa shape index (κ3) is 3.83. The Morgan fingerprint density at radius 2 is 1.80 bits per heavy atom. The first-order valence-electron chi connectivity index (χ1n) is 9.69. The van der Waals surface area contributed by atoms with E-state index >= 15 is 0 Å². The first-order chi connectivity index (χ1) is 12.0. The van der Waals surface area contributed by atoms with Gasteiger partial charge in [-0.05, 0) is 67.4 Å². The van der Waals surface area contributed by atoms with Crippen molar-refractivity contribution in [2.45, 2.75) is 70.6 Å². The summed E-state index contributed by atoms with van der Waals surface area (Å²) in [4.78, 5) is 0. The van der Waals surface area contributed by atoms with Gasteiger partial charge in [0.25, 0.3) is 6.43 Å². The van der Waals surface area contributed by atoms with Gasteiger partial charge in [0, 0.05) is 0 Å². The summed E-state index contributed by atoms with van der Waals surface area (Å²) in [6.45, 7) is 2.24. The van der Waals surface area contributed by atoms with Gasteiger partial charge >= 0.3 is 0 Å². The summed E-state index contributed by atoms with van der Waals surface area (Å²) in [6.07, 6.45) is 6.42. The molecule has 0 saturated heterocycles. The average Bonchev–Trinajstić information content (AvgIpc) is 2.61. The van der Waals surface area contributed by atoms with E-state index in [0.717, 1.165) is 31.1 Å². The molecule has 0 N–H and O–H groups in total. The molecule has 0 bridgehead atoms. The fourth-order valence-corrected chi connectivity index (χ4v) is 5.26. The van der Waals surface area contributed by atoms with Gasteiger partial charge in [-0.3, -0.25) is 0 Å². The highest BCUT2D eigenvalue weighted by Gasteiger charge is 2.37. The summed E-state index contributed by atoms with van der Waals surface area (Å²) in [5.41, 5.74) is 0.0601. The fraction of sp³-hybridized carbons (Fsp3) is 0.714. The number of hydrogen-bond acceptors (Lipinski definition) is 1. The first kappa shape index (κ1) is 18.6. The van der Waals surface area contributed by atoms with Gasteiger partial charge in [-0.15, -0.1) is 0 Å². The minimum absolute atomic E-state index is 0.0494. The Bertz CT molecular complexity index is 587. The van der Waals surface area contributed by atoms with Crippen LogP contribution in [0.3, 0.4) is 0 Å². The van der Waals surface area contributed by atoms with Crippen molar-refractivity contribution in [3.63, 3.8) is 0 Å². The number of benzene rings is 1. The van der Waals surface area contributed by atoms with Crippen LogP contribution in [0.25, 0.3) is 0 Å². The molecule has 1 aromatic rings. The molecule has 2 fully saturated rings. The normalized spacial score (nSPS) is 29.5. The molecule has 0 amide bonds. The van der Waals surface area contributed by atoms with Crippen molar-refractivity contribution in [1.29, 1.82) is 0 Å². The zero-order chi connectivity index (χ0) is 18.0. The van der Waals surface area contributed by atoms with Gasteiger partial charge in [0.2, 0.25) is 0 Å². The molecule has 0 aromatic heterocycles. The third-order valence-corrected chi connectivity index (χ3v) is 6.47. The SMILES string of the molecule is CCCC1CCC2CC(c3ccc(OC)c(F)c3C(F)F)CCC2C1. The van der Waals surface area contributed by atoms with Gasteiger partial charge < -0.3 is 4.74 Å². The number of fused-ring (bicyclic) bond motifs is 1. The molecule has 2 aliphatic carbocycles. The van der Waals surface area contributed by atoms with Crippen LogP contribution in [0, 0.1) is 23.6 Å². The molecule has 4 atom stereocenters. The van der Waals surface area contributed by atoms with Gasteiger partial charge in [0.15, 0.2) is 11.6 Å². The molecule has 0 heterocycles. The molecule has 0 aliphatic heterocycles. The lowest BCUT2D eigenvalue weighted by Crippen LogP contribution is -2.30. The Balaban J connectivity index is 1.77. The summed E-state index contributed by atoms with van der Waals surface area (Å²) in [7, 11) is 1.31. The van der Waals surface area contributed by atoms with Crippen LogP contribution in [0.5, 0.6) is 5.75 Å². The van der Waals surface area contributed by atoms with E-state index in [1.54, 1.807) is 6.07 Å². The topological polar surface area (TPSA) is 9.23 Å². The first-order valence-corrected chi connectivity index (χ1v) is 9.69. The number of alkyl halides is 2. The number of ether oxygens (including phenoxy) is 1. The highest BCUT2D eigenvalue weighted by molar-refractivity contribution is 5.40. The van der Waals surface area contributed by atoms with Gasteiger partial charge in [-0.2, -0.15) is 0 Å². The zero-order valence-electron chi connectivity index (χ0n) is 15.2. The lowest BCUT2D eigenvalue weighted by atomic mass is 9.63.